The Morgan fingerprint density at radius 1 is 1.44 bits per heavy atom. The Bertz CT molecular complexity index is 495. The Labute approximate surface area is 93.1 Å². The number of nitrogens with two attached hydrogens (primary N) is 1. The van der Waals surface area contributed by atoms with Crippen LogP contribution in [0.25, 0.3) is 0 Å². The molecule has 0 fully saturated rings. The highest BCUT2D eigenvalue weighted by atomic mass is 16.4. The molecule has 16 heavy (non-hydrogen) atoms. The van der Waals surface area contributed by atoms with Crippen LogP contribution in [0, 0.1) is 11.8 Å². The molecule has 0 aromatic heterocycles. The second-order valence-corrected chi connectivity index (χ2v) is 3.23. The van der Waals surface area contributed by atoms with Crippen molar-refractivity contribution in [3.05, 3.63) is 29.3 Å². The molecule has 3 N–H and O–H groups in total. The summed E-state index contributed by atoms with van der Waals surface area (Å²) in [7, 11) is 0. The highest BCUT2D eigenvalue weighted by Gasteiger charge is 2.02. The maximum Gasteiger partial charge on any atom is 0.315 e. The van der Waals surface area contributed by atoms with Gasteiger partial charge in [0.15, 0.2) is 5.78 Å². The lowest BCUT2D eigenvalue weighted by Crippen LogP contribution is -1.97. The molecule has 4 heteroatoms. The summed E-state index contributed by atoms with van der Waals surface area (Å²) in [6.07, 6.45) is -0.228. The first kappa shape index (κ1) is 11.8. The number of carbonyl (C=O) groups excluding carboxylic acids is 1. The molecule has 0 saturated carbocycles. The second-order valence-electron chi connectivity index (χ2n) is 3.23. The topological polar surface area (TPSA) is 80.4 Å². The molecular formula is C12H11NO3. The summed E-state index contributed by atoms with van der Waals surface area (Å²) in [6.45, 7) is 1.45. The number of carboxylic acid groups (broad SMARTS) is 1. The third-order valence-corrected chi connectivity index (χ3v) is 1.92. The van der Waals surface area contributed by atoms with Gasteiger partial charge in [-0.1, -0.05) is 17.9 Å². The molecule has 82 valence electrons. The molecule has 0 heterocycles. The molecule has 0 aliphatic carbocycles. The maximum atomic E-state index is 11.0. The summed E-state index contributed by atoms with van der Waals surface area (Å²) in [6, 6.07) is 4.76. The van der Waals surface area contributed by atoms with Gasteiger partial charge in [0, 0.05) is 16.8 Å². The van der Waals surface area contributed by atoms with Gasteiger partial charge in [0.25, 0.3) is 0 Å². The van der Waals surface area contributed by atoms with Crippen molar-refractivity contribution >= 4 is 17.4 Å². The number of benzene rings is 1. The molecule has 0 amide bonds. The number of hydrogen-bond acceptors (Lipinski definition) is 3. The number of carbonyl (C=O) groups is 2. The predicted octanol–water partition coefficient (Wildman–Crippen LogP) is 1.30. The van der Waals surface area contributed by atoms with Crippen molar-refractivity contribution < 1.29 is 14.7 Å². The average Bonchev–Trinajstić information content (AvgIpc) is 2.19. The Morgan fingerprint density at radius 3 is 2.62 bits per heavy atom. The van der Waals surface area contributed by atoms with Gasteiger partial charge in [-0.2, -0.15) is 0 Å². The van der Waals surface area contributed by atoms with Gasteiger partial charge in [-0.05, 0) is 19.1 Å². The fourth-order valence-electron chi connectivity index (χ4n) is 1.11. The van der Waals surface area contributed by atoms with Gasteiger partial charge in [0.05, 0.1) is 0 Å². The van der Waals surface area contributed by atoms with Crippen LogP contribution in [0.4, 0.5) is 5.69 Å². The Balaban J connectivity index is 2.94. The van der Waals surface area contributed by atoms with Crippen molar-refractivity contribution in [1.82, 2.24) is 0 Å². The molecule has 1 aromatic carbocycles. The zero-order chi connectivity index (χ0) is 12.1. The molecular weight excluding hydrogens is 206 g/mol. The van der Waals surface area contributed by atoms with Gasteiger partial charge >= 0.3 is 5.97 Å². The van der Waals surface area contributed by atoms with Gasteiger partial charge < -0.3 is 10.8 Å². The monoisotopic (exact) mass is 217 g/mol. The van der Waals surface area contributed by atoms with Crippen LogP contribution in [-0.4, -0.2) is 16.9 Å². The van der Waals surface area contributed by atoms with Gasteiger partial charge in [-0.25, -0.2) is 0 Å². The predicted molar refractivity (Wildman–Crippen MR) is 60.0 cm³/mol. The van der Waals surface area contributed by atoms with Crippen molar-refractivity contribution in [2.75, 3.05) is 5.73 Å². The molecule has 0 saturated heterocycles. The zero-order valence-electron chi connectivity index (χ0n) is 8.78. The molecule has 1 rings (SSSR count). The lowest BCUT2D eigenvalue weighted by atomic mass is 10.1. The van der Waals surface area contributed by atoms with Gasteiger partial charge in [0.1, 0.15) is 6.42 Å². The molecule has 0 atom stereocenters. The smallest absolute Gasteiger partial charge is 0.315 e. The Morgan fingerprint density at radius 2 is 2.12 bits per heavy atom. The molecule has 0 spiro atoms. The normalized spacial score (nSPS) is 9.06. The second kappa shape index (κ2) is 4.99. The third kappa shape index (κ3) is 3.14. The van der Waals surface area contributed by atoms with Crippen LogP contribution in [0.5, 0.6) is 0 Å². The van der Waals surface area contributed by atoms with Gasteiger partial charge in [-0.3, -0.25) is 9.59 Å². The quantitative estimate of drug-likeness (QED) is 0.444. The summed E-state index contributed by atoms with van der Waals surface area (Å²) in [4.78, 5) is 21.3. The maximum absolute atomic E-state index is 11.0. The van der Waals surface area contributed by atoms with Crippen molar-refractivity contribution in [3.8, 4) is 11.8 Å². The van der Waals surface area contributed by atoms with E-state index in [1.54, 1.807) is 12.1 Å². The summed E-state index contributed by atoms with van der Waals surface area (Å²) in [5.74, 6) is 4.07. The lowest BCUT2D eigenvalue weighted by Gasteiger charge is -2.00. The summed E-state index contributed by atoms with van der Waals surface area (Å²) in [5.41, 5.74) is 7.10. The minimum Gasteiger partial charge on any atom is -0.481 e. The standard InChI is InChI=1S/C12H11NO3/c1-8(14)10-6-5-9(11(13)7-10)3-2-4-12(15)16/h5-7H,4,13H2,1H3,(H,15,16). The lowest BCUT2D eigenvalue weighted by molar-refractivity contribution is -0.135. The van der Waals surface area contributed by atoms with Crippen LogP contribution in [0.3, 0.4) is 0 Å². The van der Waals surface area contributed by atoms with Crippen LogP contribution < -0.4 is 5.73 Å². The molecule has 0 unspecified atom stereocenters. The SMILES string of the molecule is CC(=O)c1ccc(C#CCC(=O)O)c(N)c1. The average molecular weight is 217 g/mol. The van der Waals surface area contributed by atoms with Crippen LogP contribution in [0.1, 0.15) is 29.3 Å². The molecule has 0 aliphatic rings. The molecule has 4 nitrogen and oxygen atoms in total. The summed E-state index contributed by atoms with van der Waals surface area (Å²) in [5, 5.41) is 8.40. The molecule has 0 radical (unpaired) electrons. The minimum absolute atomic E-state index is 0.0725. The molecule has 0 bridgehead atoms. The number of anilines is 1. The number of Topliss-reactive ketones (excluding diaryl/α,β-unsaturated/α-hetero) is 1. The van der Waals surface area contributed by atoms with Crippen molar-refractivity contribution in [1.29, 1.82) is 0 Å². The first-order valence-electron chi connectivity index (χ1n) is 4.62. The zero-order valence-corrected chi connectivity index (χ0v) is 8.78. The Hall–Kier alpha value is -2.28. The van der Waals surface area contributed by atoms with E-state index in [1.807, 2.05) is 0 Å². The minimum atomic E-state index is -0.980. The van der Waals surface area contributed by atoms with E-state index in [4.69, 9.17) is 10.8 Å². The highest BCUT2D eigenvalue weighted by Crippen LogP contribution is 2.13. The number of nitrogen functional groups attached to an aromatic ring is 1. The van der Waals surface area contributed by atoms with Crippen molar-refractivity contribution in [2.45, 2.75) is 13.3 Å². The van der Waals surface area contributed by atoms with Gasteiger partial charge in [0.2, 0.25) is 0 Å². The van der Waals surface area contributed by atoms with E-state index in [9.17, 15) is 9.59 Å². The first-order chi connectivity index (χ1) is 7.50. The van der Waals surface area contributed by atoms with Gasteiger partial charge in [-0.15, -0.1) is 0 Å². The number of ketones is 1. The fraction of sp³-hybridized carbons (Fsp3) is 0.167. The third-order valence-electron chi connectivity index (χ3n) is 1.92. The number of aliphatic carboxylic acids is 1. The van der Waals surface area contributed by atoms with Crippen LogP contribution >= 0.6 is 0 Å². The van der Waals surface area contributed by atoms with E-state index < -0.39 is 5.97 Å². The molecule has 1 aromatic rings. The Kier molecular flexibility index (Phi) is 3.67. The van der Waals surface area contributed by atoms with E-state index >= 15 is 0 Å². The highest BCUT2D eigenvalue weighted by molar-refractivity contribution is 5.95. The number of rotatable bonds is 2. The van der Waals surface area contributed by atoms with E-state index in [2.05, 4.69) is 11.8 Å². The van der Waals surface area contributed by atoms with E-state index in [1.165, 1.54) is 13.0 Å². The van der Waals surface area contributed by atoms with E-state index in [0.717, 1.165) is 0 Å². The summed E-state index contributed by atoms with van der Waals surface area (Å²) < 4.78 is 0. The summed E-state index contributed by atoms with van der Waals surface area (Å²) >= 11 is 0. The fourth-order valence-corrected chi connectivity index (χ4v) is 1.11. The van der Waals surface area contributed by atoms with Crippen LogP contribution in [0.15, 0.2) is 18.2 Å². The van der Waals surface area contributed by atoms with Crippen LogP contribution in [-0.2, 0) is 4.79 Å². The number of carboxylic acids is 1. The largest absolute Gasteiger partial charge is 0.481 e. The van der Waals surface area contributed by atoms with Crippen molar-refractivity contribution in [2.24, 2.45) is 0 Å². The number of hydrogen-bond donors (Lipinski definition) is 2. The molecule has 0 aliphatic heterocycles. The first-order valence-corrected chi connectivity index (χ1v) is 4.62. The van der Waals surface area contributed by atoms with Crippen LogP contribution in [0.2, 0.25) is 0 Å². The van der Waals surface area contributed by atoms with E-state index in [0.29, 0.717) is 16.8 Å². The van der Waals surface area contributed by atoms with E-state index in [-0.39, 0.29) is 12.2 Å². The van der Waals surface area contributed by atoms with Crippen molar-refractivity contribution in [3.63, 3.8) is 0 Å².